The summed E-state index contributed by atoms with van der Waals surface area (Å²) in [6, 6.07) is 11.5. The third-order valence-electron chi connectivity index (χ3n) is 5.01. The maximum Gasteiger partial charge on any atom is 0.255 e. The van der Waals surface area contributed by atoms with Crippen LogP contribution in [0.1, 0.15) is 49.4 Å². The molecule has 0 aromatic heterocycles. The van der Waals surface area contributed by atoms with Gasteiger partial charge in [-0.1, -0.05) is 19.8 Å². The van der Waals surface area contributed by atoms with Crippen LogP contribution in [0, 0.1) is 0 Å². The van der Waals surface area contributed by atoms with Crippen LogP contribution >= 0.6 is 15.9 Å². The number of carbonyl (C=O) groups is 1. The Labute approximate surface area is 186 Å². The van der Waals surface area contributed by atoms with Crippen molar-refractivity contribution >= 4 is 37.5 Å². The third-order valence-corrected chi connectivity index (χ3v) is 7.55. The molecule has 1 fully saturated rings. The van der Waals surface area contributed by atoms with Crippen molar-refractivity contribution in [2.24, 2.45) is 0 Å². The number of nitrogens with one attached hydrogen (secondary N) is 1. The van der Waals surface area contributed by atoms with Gasteiger partial charge in [-0.05, 0) is 77.7 Å². The third kappa shape index (κ3) is 5.62. The lowest BCUT2D eigenvalue weighted by molar-refractivity contribution is 0.102. The second-order valence-electron chi connectivity index (χ2n) is 7.29. The zero-order chi connectivity index (χ0) is 21.6. The first-order chi connectivity index (χ1) is 14.4. The van der Waals surface area contributed by atoms with Crippen LogP contribution in [0.5, 0.6) is 5.75 Å². The average molecular weight is 495 g/mol. The van der Waals surface area contributed by atoms with Gasteiger partial charge in [-0.15, -0.1) is 0 Å². The first kappa shape index (κ1) is 22.8. The summed E-state index contributed by atoms with van der Waals surface area (Å²) in [7, 11) is -3.48. The number of hydrogen-bond donors (Lipinski definition) is 1. The number of sulfonamides is 1. The second-order valence-corrected chi connectivity index (χ2v) is 10.1. The van der Waals surface area contributed by atoms with Gasteiger partial charge in [0.1, 0.15) is 5.75 Å². The average Bonchev–Trinajstić information content (AvgIpc) is 2.76. The van der Waals surface area contributed by atoms with E-state index in [9.17, 15) is 13.2 Å². The number of hydrogen-bond acceptors (Lipinski definition) is 4. The van der Waals surface area contributed by atoms with E-state index in [1.807, 2.05) is 0 Å². The molecule has 3 rings (SSSR count). The summed E-state index contributed by atoms with van der Waals surface area (Å²) in [6.45, 7) is 3.86. The van der Waals surface area contributed by atoms with Gasteiger partial charge in [0.15, 0.2) is 0 Å². The Kier molecular flexibility index (Phi) is 7.91. The molecule has 0 bridgehead atoms. The summed E-state index contributed by atoms with van der Waals surface area (Å²) in [6.07, 6.45) is 4.88. The van der Waals surface area contributed by atoms with E-state index in [0.717, 1.165) is 32.1 Å². The Morgan fingerprint density at radius 1 is 1.10 bits per heavy atom. The molecule has 1 saturated heterocycles. The maximum absolute atomic E-state index is 12.7. The standard InChI is InChI=1S/C22H27BrN2O4S/c1-2-3-15-29-21-12-7-17(16-20(21)23)22(26)24-18-8-10-19(11-9-18)30(27,28)25-13-5-4-6-14-25/h7-12,16H,2-6,13-15H2,1H3,(H,24,26). The van der Waals surface area contributed by atoms with Crippen LogP contribution in [0.2, 0.25) is 0 Å². The molecule has 1 amide bonds. The summed E-state index contributed by atoms with van der Waals surface area (Å²) >= 11 is 3.45. The highest BCUT2D eigenvalue weighted by Crippen LogP contribution is 2.27. The number of ether oxygens (including phenoxy) is 1. The number of anilines is 1. The van der Waals surface area contributed by atoms with Gasteiger partial charge in [0.25, 0.3) is 5.91 Å². The summed E-state index contributed by atoms with van der Waals surface area (Å²) in [5, 5.41) is 2.81. The van der Waals surface area contributed by atoms with Crippen LogP contribution in [0.15, 0.2) is 51.8 Å². The molecule has 30 heavy (non-hydrogen) atoms. The molecule has 0 aliphatic carbocycles. The molecule has 0 atom stereocenters. The van der Waals surface area contributed by atoms with Crippen LogP contribution in [0.4, 0.5) is 5.69 Å². The number of nitrogens with zero attached hydrogens (tertiary/aromatic N) is 1. The maximum atomic E-state index is 12.7. The second kappa shape index (κ2) is 10.4. The molecule has 0 radical (unpaired) electrons. The number of unbranched alkanes of at least 4 members (excludes halogenated alkanes) is 1. The highest BCUT2D eigenvalue weighted by Gasteiger charge is 2.25. The first-order valence-corrected chi connectivity index (χ1v) is 12.5. The van der Waals surface area contributed by atoms with Gasteiger partial charge >= 0.3 is 0 Å². The zero-order valence-corrected chi connectivity index (χ0v) is 19.5. The van der Waals surface area contributed by atoms with E-state index in [2.05, 4.69) is 28.2 Å². The van der Waals surface area contributed by atoms with Crippen molar-refractivity contribution < 1.29 is 17.9 Å². The summed E-state index contributed by atoms with van der Waals surface area (Å²) in [5.41, 5.74) is 1.02. The molecule has 1 N–H and O–H groups in total. The Hall–Kier alpha value is -1.90. The monoisotopic (exact) mass is 494 g/mol. The van der Waals surface area contributed by atoms with Crippen molar-refractivity contribution in [2.75, 3.05) is 25.0 Å². The highest BCUT2D eigenvalue weighted by molar-refractivity contribution is 9.10. The van der Waals surface area contributed by atoms with E-state index in [1.165, 1.54) is 4.31 Å². The number of carbonyl (C=O) groups excluding carboxylic acids is 1. The number of rotatable bonds is 8. The minimum absolute atomic E-state index is 0.249. The Morgan fingerprint density at radius 3 is 2.43 bits per heavy atom. The number of benzene rings is 2. The molecule has 162 valence electrons. The number of amides is 1. The summed E-state index contributed by atoms with van der Waals surface area (Å²) in [5.74, 6) is 0.426. The van der Waals surface area contributed by atoms with E-state index in [-0.39, 0.29) is 10.8 Å². The largest absolute Gasteiger partial charge is 0.492 e. The highest BCUT2D eigenvalue weighted by atomic mass is 79.9. The van der Waals surface area contributed by atoms with Crippen LogP contribution < -0.4 is 10.1 Å². The van der Waals surface area contributed by atoms with Crippen molar-refractivity contribution in [3.63, 3.8) is 0 Å². The van der Waals surface area contributed by atoms with E-state index in [1.54, 1.807) is 42.5 Å². The Morgan fingerprint density at radius 2 is 1.80 bits per heavy atom. The lowest BCUT2D eigenvalue weighted by atomic mass is 10.2. The molecule has 0 unspecified atom stereocenters. The van der Waals surface area contributed by atoms with E-state index in [4.69, 9.17) is 4.74 Å². The minimum Gasteiger partial charge on any atom is -0.492 e. The van der Waals surface area contributed by atoms with Gasteiger partial charge in [-0.2, -0.15) is 4.31 Å². The fraction of sp³-hybridized carbons (Fsp3) is 0.409. The summed E-state index contributed by atoms with van der Waals surface area (Å²) in [4.78, 5) is 12.8. The number of halogens is 1. The van der Waals surface area contributed by atoms with E-state index >= 15 is 0 Å². The van der Waals surface area contributed by atoms with Crippen LogP contribution in [0.25, 0.3) is 0 Å². The van der Waals surface area contributed by atoms with Gasteiger partial charge in [0.2, 0.25) is 10.0 Å². The van der Waals surface area contributed by atoms with Crippen molar-refractivity contribution in [2.45, 2.75) is 43.9 Å². The smallest absolute Gasteiger partial charge is 0.255 e. The predicted molar refractivity (Wildman–Crippen MR) is 122 cm³/mol. The fourth-order valence-electron chi connectivity index (χ4n) is 3.25. The Balaban J connectivity index is 1.65. The van der Waals surface area contributed by atoms with Crippen LogP contribution in [-0.4, -0.2) is 38.3 Å². The van der Waals surface area contributed by atoms with Gasteiger partial charge in [-0.3, -0.25) is 4.79 Å². The number of piperidine rings is 1. The molecule has 1 heterocycles. The van der Waals surface area contributed by atoms with Crippen molar-refractivity contribution in [3.05, 3.63) is 52.5 Å². The normalized spacial score (nSPS) is 15.0. The van der Waals surface area contributed by atoms with Crippen molar-refractivity contribution in [3.8, 4) is 5.75 Å². The van der Waals surface area contributed by atoms with Crippen molar-refractivity contribution in [1.82, 2.24) is 4.31 Å². The lowest BCUT2D eigenvalue weighted by Gasteiger charge is -2.25. The molecule has 1 aliphatic rings. The first-order valence-electron chi connectivity index (χ1n) is 10.3. The van der Waals surface area contributed by atoms with Crippen molar-refractivity contribution in [1.29, 1.82) is 0 Å². The zero-order valence-electron chi connectivity index (χ0n) is 17.1. The predicted octanol–water partition coefficient (Wildman–Crippen LogP) is 5.05. The molecule has 2 aromatic carbocycles. The van der Waals surface area contributed by atoms with Gasteiger partial charge in [-0.25, -0.2) is 8.42 Å². The molecule has 1 aliphatic heterocycles. The molecular weight excluding hydrogens is 468 g/mol. The molecule has 0 saturated carbocycles. The molecule has 2 aromatic rings. The molecule has 8 heteroatoms. The lowest BCUT2D eigenvalue weighted by Crippen LogP contribution is -2.35. The minimum atomic E-state index is -3.48. The molecular formula is C22H27BrN2O4S. The Bertz CT molecular complexity index is 971. The van der Waals surface area contributed by atoms with E-state index in [0.29, 0.717) is 41.2 Å². The van der Waals surface area contributed by atoms with Gasteiger partial charge in [0, 0.05) is 24.3 Å². The van der Waals surface area contributed by atoms with E-state index < -0.39 is 10.0 Å². The SMILES string of the molecule is CCCCOc1ccc(C(=O)Nc2ccc(S(=O)(=O)N3CCCCC3)cc2)cc1Br. The molecule has 0 spiro atoms. The van der Waals surface area contributed by atoms with Gasteiger partial charge in [0.05, 0.1) is 16.0 Å². The fourth-order valence-corrected chi connectivity index (χ4v) is 5.26. The van der Waals surface area contributed by atoms with Crippen LogP contribution in [0.3, 0.4) is 0 Å². The topological polar surface area (TPSA) is 75.7 Å². The molecule has 6 nitrogen and oxygen atoms in total. The van der Waals surface area contributed by atoms with Gasteiger partial charge < -0.3 is 10.1 Å². The quantitative estimate of drug-likeness (QED) is 0.520. The summed E-state index contributed by atoms with van der Waals surface area (Å²) < 4.78 is 33.4. The van der Waals surface area contributed by atoms with Crippen LogP contribution in [-0.2, 0) is 10.0 Å².